The zero-order valence-electron chi connectivity index (χ0n) is 11.8. The molecule has 3 nitrogen and oxygen atoms in total. The molecule has 3 unspecified atom stereocenters. The van der Waals surface area contributed by atoms with E-state index in [-0.39, 0.29) is 5.92 Å². The van der Waals surface area contributed by atoms with Crippen molar-refractivity contribution in [3.8, 4) is 0 Å². The van der Waals surface area contributed by atoms with Crippen molar-refractivity contribution in [2.24, 2.45) is 17.8 Å². The van der Waals surface area contributed by atoms with Crippen LogP contribution >= 0.6 is 0 Å². The number of hydrogen-bond acceptors (Lipinski definition) is 2. The van der Waals surface area contributed by atoms with Crippen molar-refractivity contribution in [3.05, 3.63) is 18.0 Å². The molecule has 1 aromatic rings. The zero-order valence-corrected chi connectivity index (χ0v) is 11.8. The van der Waals surface area contributed by atoms with Gasteiger partial charge in [0.05, 0.1) is 0 Å². The number of aryl methyl sites for hydroxylation is 1. The molecule has 0 aliphatic heterocycles. The van der Waals surface area contributed by atoms with Crippen LogP contribution in [0, 0.1) is 17.8 Å². The number of hydrogen-bond donors (Lipinski definition) is 0. The predicted molar refractivity (Wildman–Crippen MR) is 75.0 cm³/mol. The number of ketones is 1. The summed E-state index contributed by atoms with van der Waals surface area (Å²) in [5.41, 5.74) is 0.821. The van der Waals surface area contributed by atoms with Crippen LogP contribution in [0.25, 0.3) is 0 Å². The summed E-state index contributed by atoms with van der Waals surface area (Å²) >= 11 is 0. The van der Waals surface area contributed by atoms with Crippen molar-refractivity contribution in [1.82, 2.24) is 9.78 Å². The number of carbonyl (C=O) groups is 1. The van der Waals surface area contributed by atoms with Crippen LogP contribution in [0.5, 0.6) is 0 Å². The first-order valence-corrected chi connectivity index (χ1v) is 7.85. The average molecular weight is 260 g/mol. The molecule has 2 aliphatic rings. The second-order valence-corrected chi connectivity index (χ2v) is 6.21. The maximum absolute atomic E-state index is 12.7. The summed E-state index contributed by atoms with van der Waals surface area (Å²) in [6, 6.07) is 1.89. The summed E-state index contributed by atoms with van der Waals surface area (Å²) < 4.78 is 1.84. The Kier molecular flexibility index (Phi) is 3.72. The monoisotopic (exact) mass is 260 g/mol. The van der Waals surface area contributed by atoms with E-state index in [4.69, 9.17) is 0 Å². The van der Waals surface area contributed by atoms with Crippen molar-refractivity contribution in [1.29, 1.82) is 0 Å². The lowest BCUT2D eigenvalue weighted by atomic mass is 9.66. The van der Waals surface area contributed by atoms with Crippen LogP contribution in [0.15, 0.2) is 12.3 Å². The minimum Gasteiger partial charge on any atom is -0.292 e. The number of nitrogens with zero attached hydrogens (tertiary/aromatic N) is 2. The third-order valence-corrected chi connectivity index (χ3v) is 5.18. The first-order valence-electron chi connectivity index (χ1n) is 7.85. The van der Waals surface area contributed by atoms with Crippen molar-refractivity contribution < 1.29 is 4.79 Å². The quantitative estimate of drug-likeness (QED) is 0.777. The van der Waals surface area contributed by atoms with Gasteiger partial charge in [-0.1, -0.05) is 25.7 Å². The lowest BCUT2D eigenvalue weighted by molar-refractivity contribution is 0.0753. The van der Waals surface area contributed by atoms with Gasteiger partial charge < -0.3 is 0 Å². The van der Waals surface area contributed by atoms with Crippen LogP contribution in [0.3, 0.4) is 0 Å². The molecule has 0 spiro atoms. The van der Waals surface area contributed by atoms with Crippen LogP contribution in [-0.2, 0) is 6.54 Å². The maximum atomic E-state index is 12.7. The van der Waals surface area contributed by atoms with Crippen LogP contribution in [0.4, 0.5) is 0 Å². The lowest BCUT2D eigenvalue weighted by Gasteiger charge is -2.38. The van der Waals surface area contributed by atoms with E-state index in [0.29, 0.717) is 5.78 Å². The van der Waals surface area contributed by atoms with Crippen LogP contribution in [0.2, 0.25) is 0 Å². The second kappa shape index (κ2) is 5.48. The van der Waals surface area contributed by atoms with E-state index in [1.165, 1.54) is 32.1 Å². The molecule has 3 atom stereocenters. The summed E-state index contributed by atoms with van der Waals surface area (Å²) in [6.45, 7) is 2.83. The summed E-state index contributed by atoms with van der Waals surface area (Å²) in [4.78, 5) is 12.7. The lowest BCUT2D eigenvalue weighted by Crippen LogP contribution is -2.32. The van der Waals surface area contributed by atoms with E-state index in [2.05, 4.69) is 5.10 Å². The fraction of sp³-hybridized carbons (Fsp3) is 0.750. The normalized spacial score (nSPS) is 30.9. The minimum absolute atomic E-state index is 0.251. The Bertz CT molecular complexity index is 451. The number of fused-ring (bicyclic) bond motifs is 1. The highest BCUT2D eigenvalue weighted by molar-refractivity contribution is 5.96. The molecule has 0 radical (unpaired) electrons. The highest BCUT2D eigenvalue weighted by Crippen LogP contribution is 2.43. The van der Waals surface area contributed by atoms with Crippen LogP contribution in [-0.4, -0.2) is 15.6 Å². The molecule has 2 aliphatic carbocycles. The molecule has 3 rings (SSSR count). The van der Waals surface area contributed by atoms with Gasteiger partial charge in [0.15, 0.2) is 5.78 Å². The molecular weight excluding hydrogens is 236 g/mol. The Morgan fingerprint density at radius 3 is 2.84 bits per heavy atom. The number of aromatic nitrogens is 2. The second-order valence-electron chi connectivity index (χ2n) is 6.21. The molecule has 2 saturated carbocycles. The van der Waals surface area contributed by atoms with Crippen LogP contribution < -0.4 is 0 Å². The van der Waals surface area contributed by atoms with E-state index in [9.17, 15) is 4.79 Å². The molecule has 1 aromatic heterocycles. The fourth-order valence-electron chi connectivity index (χ4n) is 4.11. The highest BCUT2D eigenvalue weighted by Gasteiger charge is 2.35. The van der Waals surface area contributed by atoms with Gasteiger partial charge in [0, 0.05) is 18.7 Å². The van der Waals surface area contributed by atoms with Crippen molar-refractivity contribution >= 4 is 5.78 Å². The van der Waals surface area contributed by atoms with Gasteiger partial charge in [0.1, 0.15) is 5.69 Å². The van der Waals surface area contributed by atoms with Crippen molar-refractivity contribution in [3.63, 3.8) is 0 Å². The molecule has 2 fully saturated rings. The average Bonchev–Trinajstić information content (AvgIpc) is 2.94. The maximum Gasteiger partial charge on any atom is 0.183 e. The number of rotatable bonds is 3. The van der Waals surface area contributed by atoms with Gasteiger partial charge in [0.2, 0.25) is 0 Å². The SMILES string of the molecule is CCn1nccc1C(=O)C1CCC2CCCCC2C1. The Labute approximate surface area is 115 Å². The van der Waals surface area contributed by atoms with E-state index in [1.807, 2.05) is 17.7 Å². The van der Waals surface area contributed by atoms with E-state index >= 15 is 0 Å². The first-order chi connectivity index (χ1) is 9.29. The Balaban J connectivity index is 1.71. The third kappa shape index (κ3) is 2.47. The Hall–Kier alpha value is -1.12. The molecule has 0 saturated heterocycles. The summed E-state index contributed by atoms with van der Waals surface area (Å²) in [5, 5.41) is 4.23. The summed E-state index contributed by atoms with van der Waals surface area (Å²) in [5.74, 6) is 2.31. The zero-order chi connectivity index (χ0) is 13.2. The molecule has 19 heavy (non-hydrogen) atoms. The highest BCUT2D eigenvalue weighted by atomic mass is 16.1. The molecule has 0 N–H and O–H groups in total. The van der Waals surface area contributed by atoms with Gasteiger partial charge >= 0.3 is 0 Å². The van der Waals surface area contributed by atoms with Gasteiger partial charge in [0.25, 0.3) is 0 Å². The molecule has 104 valence electrons. The third-order valence-electron chi connectivity index (χ3n) is 5.18. The fourth-order valence-corrected chi connectivity index (χ4v) is 4.11. The van der Waals surface area contributed by atoms with Gasteiger partial charge in [-0.15, -0.1) is 0 Å². The smallest absolute Gasteiger partial charge is 0.183 e. The van der Waals surface area contributed by atoms with Crippen LogP contribution in [0.1, 0.15) is 62.4 Å². The molecule has 0 aromatic carbocycles. The van der Waals surface area contributed by atoms with Gasteiger partial charge in [-0.2, -0.15) is 5.10 Å². The largest absolute Gasteiger partial charge is 0.292 e. The standard InChI is InChI=1S/C16H24N2O/c1-2-18-15(9-10-17-18)16(19)14-8-7-12-5-3-4-6-13(12)11-14/h9-10,12-14H,2-8,11H2,1H3. The summed E-state index contributed by atoms with van der Waals surface area (Å²) in [7, 11) is 0. The number of Topliss-reactive ketones (excluding diaryl/α,β-unsaturated/α-hetero) is 1. The number of carbonyl (C=O) groups excluding carboxylic acids is 1. The van der Waals surface area contributed by atoms with Gasteiger partial charge in [-0.25, -0.2) is 0 Å². The van der Waals surface area contributed by atoms with Gasteiger partial charge in [-0.3, -0.25) is 9.48 Å². The molecule has 3 heteroatoms. The first kappa shape index (κ1) is 12.9. The minimum atomic E-state index is 0.251. The van der Waals surface area contributed by atoms with E-state index in [0.717, 1.165) is 36.9 Å². The Morgan fingerprint density at radius 2 is 2.05 bits per heavy atom. The predicted octanol–water partition coefficient (Wildman–Crippen LogP) is 3.69. The summed E-state index contributed by atoms with van der Waals surface area (Å²) in [6.07, 6.45) is 10.8. The van der Waals surface area contributed by atoms with Crippen molar-refractivity contribution in [2.45, 2.75) is 58.4 Å². The van der Waals surface area contributed by atoms with Gasteiger partial charge in [-0.05, 0) is 44.1 Å². The van der Waals surface area contributed by atoms with E-state index in [1.54, 1.807) is 6.20 Å². The van der Waals surface area contributed by atoms with Crippen molar-refractivity contribution in [2.75, 3.05) is 0 Å². The van der Waals surface area contributed by atoms with E-state index < -0.39 is 0 Å². The Morgan fingerprint density at radius 1 is 1.26 bits per heavy atom. The molecule has 0 bridgehead atoms. The molecule has 0 amide bonds. The molecule has 1 heterocycles. The topological polar surface area (TPSA) is 34.9 Å². The molecular formula is C16H24N2O.